The zero-order valence-corrected chi connectivity index (χ0v) is 44.1. The molecule has 0 amide bonds. The number of anilines is 1. The number of carboxylic acid groups (broad SMARTS) is 2. The summed E-state index contributed by atoms with van der Waals surface area (Å²) in [4.78, 5) is 95.7. The fraction of sp³-hybridized carbons (Fsp3) is 0.111. The summed E-state index contributed by atoms with van der Waals surface area (Å²) < 4.78 is 58.2. The van der Waals surface area contributed by atoms with Gasteiger partial charge in [-0.3, -0.25) is 13.7 Å². The van der Waals surface area contributed by atoms with E-state index in [0.717, 1.165) is 27.6 Å². The number of fused-ring (bicyclic) bond motifs is 5. The Morgan fingerprint density at radius 2 is 0.787 bits per heavy atom. The number of H-pyrrole nitrogens is 2. The minimum Gasteiger partial charge on any atom is -0.478 e. The van der Waals surface area contributed by atoms with E-state index >= 15 is 0 Å². The number of nitrogens with two attached hydrogens (primary N) is 1. The van der Waals surface area contributed by atoms with Crippen molar-refractivity contribution in [2.75, 3.05) is 48.4 Å². The molecule has 0 aliphatic heterocycles. The number of rotatable bonds is 5. The number of carboxylic acids is 2. The Hall–Kier alpha value is -10.2. The lowest BCUT2D eigenvalue weighted by molar-refractivity contribution is 0.0591. The number of carbonyl (C=O) groups is 8. The van der Waals surface area contributed by atoms with E-state index in [9.17, 15) is 47.1 Å². The predicted molar refractivity (Wildman–Crippen MR) is 288 cm³/mol. The van der Waals surface area contributed by atoms with E-state index in [1.807, 2.05) is 6.07 Å². The molecule has 0 aliphatic carbocycles. The molecule has 0 spiro atoms. The monoisotopic (exact) mass is 1140 g/mol. The van der Waals surface area contributed by atoms with Gasteiger partial charge in [-0.15, -0.1) is 0 Å². The lowest BCUT2D eigenvalue weighted by atomic mass is 10.1. The fourth-order valence-corrected chi connectivity index (χ4v) is 8.19. The SMILES string of the molecule is COC(=O)c1cc(Cl)c2ccn(C(=O)OC)c2c1.COC(=O)c1cc(F)c2ccn(C(=O)OC)c2c1.COC(=O)c1cc(N)c2ccn(C(=O)OC)c2c1.O=C(O)c1cc(Cl)c2cc[nH]c2c1.O=C(O)c1cc(F)c2cc[nH]c2c1. The fourth-order valence-electron chi connectivity index (χ4n) is 7.63. The molecule has 0 unspecified atom stereocenters. The van der Waals surface area contributed by atoms with Gasteiger partial charge in [-0.25, -0.2) is 47.1 Å². The van der Waals surface area contributed by atoms with Gasteiger partial charge in [0.25, 0.3) is 0 Å². The predicted octanol–water partition coefficient (Wildman–Crippen LogP) is 11.0. The maximum atomic E-state index is 13.8. The highest BCUT2D eigenvalue weighted by atomic mass is 35.5. The van der Waals surface area contributed by atoms with Gasteiger partial charge in [0, 0.05) is 74.6 Å². The van der Waals surface area contributed by atoms with Gasteiger partial charge < -0.3 is 54.3 Å². The average molecular weight is 1140 g/mol. The third-order valence-corrected chi connectivity index (χ3v) is 12.1. The van der Waals surface area contributed by atoms with Crippen LogP contribution in [-0.4, -0.2) is 125 Å². The van der Waals surface area contributed by atoms with E-state index in [2.05, 4.69) is 38.4 Å². The first kappa shape index (κ1) is 59.1. The number of hydrogen-bond donors (Lipinski definition) is 5. The number of methoxy groups -OCH3 is 6. The summed E-state index contributed by atoms with van der Waals surface area (Å²) in [5, 5.41) is 21.0. The molecule has 414 valence electrons. The first-order chi connectivity index (χ1) is 38.1. The van der Waals surface area contributed by atoms with Gasteiger partial charge in [-0.05, 0) is 91.0 Å². The summed E-state index contributed by atoms with van der Waals surface area (Å²) in [5.41, 5.74) is 9.46. The van der Waals surface area contributed by atoms with E-state index in [1.165, 1.54) is 119 Å². The Morgan fingerprint density at radius 3 is 1.26 bits per heavy atom. The third-order valence-electron chi connectivity index (χ3n) is 11.5. The number of carbonyl (C=O) groups excluding carboxylic acids is 6. The van der Waals surface area contributed by atoms with Crippen LogP contribution in [0.3, 0.4) is 0 Å². The molecular formula is C54H44Cl2F2N6O16. The number of ether oxygens (including phenoxy) is 6. The van der Waals surface area contributed by atoms with Crippen molar-refractivity contribution in [1.82, 2.24) is 23.7 Å². The molecule has 5 heterocycles. The number of aromatic carboxylic acids is 2. The second kappa shape index (κ2) is 25.8. The zero-order chi connectivity index (χ0) is 58.7. The van der Waals surface area contributed by atoms with Crippen molar-refractivity contribution in [1.29, 1.82) is 0 Å². The maximum absolute atomic E-state index is 13.8. The quantitative estimate of drug-likeness (QED) is 0.0607. The summed E-state index contributed by atoms with van der Waals surface area (Å²) in [5.74, 6) is -4.92. The van der Waals surface area contributed by atoms with Gasteiger partial charge in [0.15, 0.2) is 0 Å². The van der Waals surface area contributed by atoms with Gasteiger partial charge in [-0.1, -0.05) is 23.2 Å². The van der Waals surface area contributed by atoms with Gasteiger partial charge in [0.1, 0.15) is 11.6 Å². The Labute approximate surface area is 459 Å². The Morgan fingerprint density at radius 1 is 0.438 bits per heavy atom. The van der Waals surface area contributed by atoms with Crippen LogP contribution >= 0.6 is 23.2 Å². The van der Waals surface area contributed by atoms with E-state index in [1.54, 1.807) is 36.7 Å². The van der Waals surface area contributed by atoms with Gasteiger partial charge >= 0.3 is 48.1 Å². The zero-order valence-electron chi connectivity index (χ0n) is 42.6. The van der Waals surface area contributed by atoms with Crippen molar-refractivity contribution in [3.63, 3.8) is 0 Å². The van der Waals surface area contributed by atoms with Gasteiger partial charge in [0.2, 0.25) is 0 Å². The summed E-state index contributed by atoms with van der Waals surface area (Å²) in [7, 11) is 7.53. The first-order valence-electron chi connectivity index (χ1n) is 22.6. The van der Waals surface area contributed by atoms with Crippen LogP contribution < -0.4 is 5.73 Å². The highest BCUT2D eigenvalue weighted by molar-refractivity contribution is 6.36. The second-order valence-corrected chi connectivity index (χ2v) is 16.9. The van der Waals surface area contributed by atoms with E-state index in [-0.39, 0.29) is 38.7 Å². The number of hydrogen-bond acceptors (Lipinski definition) is 15. The molecule has 6 N–H and O–H groups in total. The molecule has 0 bridgehead atoms. The summed E-state index contributed by atoms with van der Waals surface area (Å²) >= 11 is 11.9. The molecule has 22 nitrogen and oxygen atoms in total. The van der Waals surface area contributed by atoms with E-state index in [0.29, 0.717) is 48.4 Å². The van der Waals surface area contributed by atoms with Crippen LogP contribution in [0.15, 0.2) is 122 Å². The van der Waals surface area contributed by atoms with Crippen LogP contribution in [0.4, 0.5) is 28.9 Å². The number of halogens is 4. The summed E-state index contributed by atoms with van der Waals surface area (Å²) in [6, 6.07) is 22.1. The number of nitrogens with zero attached hydrogens (tertiary/aromatic N) is 3. The van der Waals surface area contributed by atoms with Crippen LogP contribution in [0.25, 0.3) is 54.5 Å². The molecular weight excluding hydrogens is 1100 g/mol. The number of aromatic nitrogens is 5. The molecule has 5 aromatic carbocycles. The van der Waals surface area contributed by atoms with Crippen LogP contribution in [0.1, 0.15) is 51.8 Å². The lowest BCUT2D eigenvalue weighted by Gasteiger charge is -2.05. The smallest absolute Gasteiger partial charge is 0.418 e. The molecule has 5 aromatic heterocycles. The van der Waals surface area contributed by atoms with Crippen molar-refractivity contribution < 1.29 is 85.8 Å². The number of nitrogen functional groups attached to an aromatic ring is 1. The summed E-state index contributed by atoms with van der Waals surface area (Å²) in [6.07, 6.45) is 5.97. The highest BCUT2D eigenvalue weighted by Crippen LogP contribution is 2.29. The molecule has 0 saturated heterocycles. The minimum absolute atomic E-state index is 0.0337. The molecule has 26 heteroatoms. The summed E-state index contributed by atoms with van der Waals surface area (Å²) in [6.45, 7) is 0. The number of aromatic amines is 2. The van der Waals surface area contributed by atoms with Crippen molar-refractivity contribution in [3.8, 4) is 0 Å². The molecule has 10 aromatic rings. The van der Waals surface area contributed by atoms with Crippen molar-refractivity contribution in [3.05, 3.63) is 171 Å². The second-order valence-electron chi connectivity index (χ2n) is 16.1. The minimum atomic E-state index is -1.13. The van der Waals surface area contributed by atoms with Gasteiger partial charge in [0.05, 0.1) is 97.1 Å². The normalized spacial score (nSPS) is 10.4. The van der Waals surface area contributed by atoms with Crippen LogP contribution in [0.2, 0.25) is 10.0 Å². The molecule has 0 fully saturated rings. The highest BCUT2D eigenvalue weighted by Gasteiger charge is 2.19. The van der Waals surface area contributed by atoms with E-state index < -0.39 is 59.8 Å². The number of esters is 3. The largest absolute Gasteiger partial charge is 0.478 e. The van der Waals surface area contributed by atoms with E-state index in [4.69, 9.17) is 39.1 Å². The average Bonchev–Trinajstić information content (AvgIpc) is 4.36. The lowest BCUT2D eigenvalue weighted by Crippen LogP contribution is -2.10. The topological polar surface area (TPSA) is 305 Å². The Kier molecular flexibility index (Phi) is 19.0. The Bertz CT molecular complexity index is 3690. The third kappa shape index (κ3) is 13.0. The Balaban J connectivity index is 0.000000162. The number of nitrogens with one attached hydrogen (secondary N) is 2. The van der Waals surface area contributed by atoms with Crippen LogP contribution in [0.5, 0.6) is 0 Å². The molecule has 0 radical (unpaired) electrons. The number of benzene rings is 5. The molecule has 0 atom stereocenters. The molecule has 80 heavy (non-hydrogen) atoms. The standard InChI is InChI=1S/C12H10ClNO4.C12H10FNO4.C12H12N2O4.C9H6ClNO2.C9H6FNO2/c3*1-17-11(15)7-5-9(13)8-3-4-14(10(8)6-7)12(16)18-2;2*10-7-3-5(9(12)13)4-8-6(7)1-2-11-8/h2*3-6H,1-2H3;3-6H,13H2,1-2H3;2*1-4,11H,(H,12,13). The van der Waals surface area contributed by atoms with Gasteiger partial charge in [-0.2, -0.15) is 0 Å². The van der Waals surface area contributed by atoms with Crippen molar-refractivity contribution in [2.24, 2.45) is 0 Å². The van der Waals surface area contributed by atoms with Crippen LogP contribution in [-0.2, 0) is 28.4 Å². The van der Waals surface area contributed by atoms with Crippen LogP contribution in [0, 0.1) is 11.6 Å². The van der Waals surface area contributed by atoms with Crippen molar-refractivity contribution >= 4 is 132 Å². The molecule has 0 saturated carbocycles. The molecule has 0 aliphatic rings. The maximum Gasteiger partial charge on any atom is 0.418 e. The molecule has 10 rings (SSSR count). The van der Waals surface area contributed by atoms with Crippen molar-refractivity contribution in [2.45, 2.75) is 0 Å². The first-order valence-corrected chi connectivity index (χ1v) is 23.4.